The maximum Gasteiger partial charge on any atom is 0.260 e. The van der Waals surface area contributed by atoms with E-state index in [2.05, 4.69) is 0 Å². The number of fused-ring (bicyclic) bond motifs is 4. The van der Waals surface area contributed by atoms with Crippen LogP contribution < -0.4 is 25.9 Å². The van der Waals surface area contributed by atoms with Gasteiger partial charge in [-0.15, -0.1) is 0 Å². The first kappa shape index (κ1) is 5.61. The monoisotopic (exact) mass is 279 g/mol. The van der Waals surface area contributed by atoms with Crippen molar-refractivity contribution in [3.05, 3.63) is 66.5 Å². The highest BCUT2D eigenvalue weighted by atomic mass is 16.5. The quantitative estimate of drug-likeness (QED) is 0.405. The molecule has 0 saturated carbocycles. The summed E-state index contributed by atoms with van der Waals surface area (Å²) in [6.45, 7) is -0.967. The van der Waals surface area contributed by atoms with Crippen molar-refractivity contribution in [2.24, 2.45) is 0 Å². The van der Waals surface area contributed by atoms with E-state index in [1.54, 1.807) is 0 Å². The average molecular weight is 279 g/mol. The predicted molar refractivity (Wildman–Crippen MR) is 84.1 cm³/mol. The van der Waals surface area contributed by atoms with E-state index in [-0.39, 0.29) is 52.1 Å². The van der Waals surface area contributed by atoms with Gasteiger partial charge in [-0.1, -0.05) is 42.3 Å². The van der Waals surface area contributed by atoms with Gasteiger partial charge in [-0.2, -0.15) is 0 Å². The van der Waals surface area contributed by atoms with E-state index in [1.165, 1.54) is 12.1 Å². The number of para-hydroxylation sites is 2. The van der Waals surface area contributed by atoms with Gasteiger partial charge in [0.1, 0.15) is 23.0 Å². The number of hydrogen-bond acceptors (Lipinski definition) is 2. The highest BCUT2D eigenvalue weighted by Crippen LogP contribution is 2.33. The van der Waals surface area contributed by atoms with Crippen LogP contribution in [0, 0.1) is 0 Å². The topological polar surface area (TPSA) is 18.5 Å². The van der Waals surface area contributed by atoms with Crippen LogP contribution in [-0.2, 0) is 0 Å². The van der Waals surface area contributed by atoms with Crippen molar-refractivity contribution in [2.75, 3.05) is 0 Å². The second-order valence-corrected chi connectivity index (χ2v) is 4.72. The molecule has 2 aliphatic heterocycles. The van der Waals surface area contributed by atoms with Crippen LogP contribution in [-0.4, -0.2) is 6.71 Å². The van der Waals surface area contributed by atoms with Crippen molar-refractivity contribution in [1.29, 1.82) is 0 Å². The molecule has 2 aliphatic rings. The molecular weight excluding hydrogens is 259 g/mol. The van der Waals surface area contributed by atoms with Crippen LogP contribution in [0.2, 0.25) is 0 Å². The van der Waals surface area contributed by atoms with E-state index in [0.717, 1.165) is 0 Å². The van der Waals surface area contributed by atoms with E-state index >= 15 is 0 Å². The maximum absolute atomic E-state index is 8.44. The molecule has 3 aromatic carbocycles. The smallest absolute Gasteiger partial charge is 0.260 e. The molecule has 0 bridgehead atoms. The molecule has 0 fully saturated rings. The zero-order valence-corrected chi connectivity index (χ0v) is 10.5. The number of ether oxygens (including phenoxy) is 2. The first-order valence-electron chi connectivity index (χ1n) is 10.8. The SMILES string of the molecule is [2H]c1cc2c3c(c1)Oc1c([2H])c([2H])c([2H])c([2H])c1B3c1c([2H])c([2H])c([2H])c([2H])c1O2. The summed E-state index contributed by atoms with van der Waals surface area (Å²) < 4.78 is 85.0. The Morgan fingerprint density at radius 1 is 0.667 bits per heavy atom. The third-order valence-corrected chi connectivity index (χ3v) is 3.61. The highest BCUT2D eigenvalue weighted by Gasteiger charge is 2.39. The summed E-state index contributed by atoms with van der Waals surface area (Å²) >= 11 is 0. The average Bonchev–Trinajstić information content (AvgIpc) is 2.72. The summed E-state index contributed by atoms with van der Waals surface area (Å²) in [4.78, 5) is 0. The van der Waals surface area contributed by atoms with E-state index in [0.29, 0.717) is 5.46 Å². The van der Waals surface area contributed by atoms with E-state index in [1.807, 2.05) is 0 Å². The Bertz CT molecular complexity index is 1210. The molecule has 0 aliphatic carbocycles. The Morgan fingerprint density at radius 2 is 1.19 bits per heavy atom. The molecule has 2 heterocycles. The summed E-state index contributed by atoms with van der Waals surface area (Å²) in [6, 6.07) is -0.631. The van der Waals surface area contributed by atoms with Gasteiger partial charge in [0.25, 0.3) is 6.71 Å². The molecular formula is C18H11BO2. The molecule has 0 atom stereocenters. The number of hydrogen-bond donors (Lipinski definition) is 0. The zero-order chi connectivity index (χ0) is 21.6. The molecule has 21 heavy (non-hydrogen) atoms. The number of rotatable bonds is 0. The fraction of sp³-hybridized carbons (Fsp3) is 0. The van der Waals surface area contributed by atoms with Gasteiger partial charge in [0, 0.05) is 5.46 Å². The summed E-state index contributed by atoms with van der Waals surface area (Å²) in [7, 11) is 0. The van der Waals surface area contributed by atoms with Gasteiger partial charge in [-0.05, 0) is 35.1 Å². The molecule has 0 aromatic heterocycles. The highest BCUT2D eigenvalue weighted by molar-refractivity contribution is 6.98. The Labute approximate surface area is 135 Å². The lowest BCUT2D eigenvalue weighted by atomic mass is 9.35. The second-order valence-electron chi connectivity index (χ2n) is 4.72. The molecule has 3 heteroatoms. The fourth-order valence-corrected chi connectivity index (χ4v) is 2.77. The van der Waals surface area contributed by atoms with Gasteiger partial charge in [-0.3, -0.25) is 0 Å². The fourth-order valence-electron chi connectivity index (χ4n) is 2.77. The van der Waals surface area contributed by atoms with Gasteiger partial charge in [0.2, 0.25) is 0 Å². The summed E-state index contributed by atoms with van der Waals surface area (Å²) in [5.41, 5.74) is 0.505. The van der Waals surface area contributed by atoms with Crippen molar-refractivity contribution in [3.63, 3.8) is 0 Å². The first-order chi connectivity index (χ1) is 14.1. The minimum atomic E-state index is -0.967. The van der Waals surface area contributed by atoms with Gasteiger partial charge in [-0.25, -0.2) is 0 Å². The van der Waals surface area contributed by atoms with Crippen LogP contribution in [0.25, 0.3) is 0 Å². The normalized spacial score (nSPS) is 19.4. The van der Waals surface area contributed by atoms with Crippen LogP contribution in [0.4, 0.5) is 0 Å². The molecule has 0 spiro atoms. The minimum absolute atomic E-state index is 0.0241. The molecule has 0 N–H and O–H groups in total. The lowest BCUT2D eigenvalue weighted by Crippen LogP contribution is -2.57. The largest absolute Gasteiger partial charge is 0.458 e. The summed E-state index contributed by atoms with van der Waals surface area (Å²) in [5, 5.41) is 0. The van der Waals surface area contributed by atoms with Crippen LogP contribution >= 0.6 is 0 Å². The van der Waals surface area contributed by atoms with Gasteiger partial charge in [0.05, 0.1) is 12.3 Å². The number of benzene rings is 3. The second kappa shape index (κ2) is 3.92. The summed E-state index contributed by atoms with van der Waals surface area (Å²) in [6.07, 6.45) is 0. The molecule has 0 unspecified atom stereocenters. The lowest BCUT2D eigenvalue weighted by molar-refractivity contribution is 0.464. The van der Waals surface area contributed by atoms with Crippen LogP contribution in [0.3, 0.4) is 0 Å². The first-order valence-corrected chi connectivity index (χ1v) is 6.34. The third kappa shape index (κ3) is 1.43. The predicted octanol–water partition coefficient (Wildman–Crippen LogP) is 2.41. The molecule has 0 saturated heterocycles. The van der Waals surface area contributed by atoms with E-state index in [4.69, 9.17) is 21.8 Å². The Balaban J connectivity index is 1.98. The Kier molecular flexibility index (Phi) is 1.05. The van der Waals surface area contributed by atoms with Crippen LogP contribution in [0.1, 0.15) is 12.3 Å². The Morgan fingerprint density at radius 3 is 1.76 bits per heavy atom. The maximum atomic E-state index is 8.44. The van der Waals surface area contributed by atoms with Crippen molar-refractivity contribution < 1.29 is 21.8 Å². The van der Waals surface area contributed by atoms with Crippen molar-refractivity contribution in [3.8, 4) is 23.0 Å². The van der Waals surface area contributed by atoms with Crippen molar-refractivity contribution in [1.82, 2.24) is 0 Å². The third-order valence-electron chi connectivity index (χ3n) is 3.61. The lowest BCUT2D eigenvalue weighted by Gasteiger charge is -2.32. The standard InChI is InChI=1S/C18H11BO2/c1-3-8-14-12(6-1)19-13-7-2-4-9-15(13)21-17-11-5-10-16(20-14)18(17)19/h1-11H/i1D,2D,3D,4D,5D,6D,7D,8D,9D. The molecule has 98 valence electrons. The molecule has 3 aromatic rings. The molecule has 0 radical (unpaired) electrons. The minimum Gasteiger partial charge on any atom is -0.458 e. The van der Waals surface area contributed by atoms with Gasteiger partial charge < -0.3 is 9.47 Å². The van der Waals surface area contributed by atoms with E-state index < -0.39 is 43.0 Å². The van der Waals surface area contributed by atoms with E-state index in [9.17, 15) is 0 Å². The molecule has 2 nitrogen and oxygen atoms in total. The van der Waals surface area contributed by atoms with Gasteiger partial charge >= 0.3 is 0 Å². The van der Waals surface area contributed by atoms with Gasteiger partial charge in [0.15, 0.2) is 0 Å². The molecule has 5 rings (SSSR count). The van der Waals surface area contributed by atoms with Crippen LogP contribution in [0.15, 0.2) is 66.5 Å². The Hall–Kier alpha value is -2.68. The summed E-state index contributed by atoms with van der Waals surface area (Å²) in [5.74, 6) is 0.0433. The zero-order valence-electron chi connectivity index (χ0n) is 19.5. The van der Waals surface area contributed by atoms with Crippen molar-refractivity contribution in [2.45, 2.75) is 0 Å². The van der Waals surface area contributed by atoms with Crippen molar-refractivity contribution >= 4 is 23.1 Å². The van der Waals surface area contributed by atoms with Crippen LogP contribution in [0.5, 0.6) is 23.0 Å². The molecule has 0 amide bonds.